The van der Waals surface area contributed by atoms with Crippen LogP contribution in [0.4, 0.5) is 5.82 Å². The maximum atomic E-state index is 12.5. The Morgan fingerprint density at radius 1 is 1.19 bits per heavy atom. The van der Waals surface area contributed by atoms with Crippen molar-refractivity contribution >= 4 is 50.7 Å². The Hall–Kier alpha value is -2.77. The van der Waals surface area contributed by atoms with Crippen molar-refractivity contribution < 1.29 is 4.79 Å². The van der Waals surface area contributed by atoms with Gasteiger partial charge in [0.1, 0.15) is 5.82 Å². The van der Waals surface area contributed by atoms with Crippen LogP contribution in [0.15, 0.2) is 47.9 Å². The number of rotatable bonds is 4. The zero-order valence-electron chi connectivity index (χ0n) is 14.4. The van der Waals surface area contributed by atoms with Crippen LogP contribution in [0, 0.1) is 0 Å². The number of fused-ring (bicyclic) bond motifs is 2. The smallest absolute Gasteiger partial charge is 0.249 e. The van der Waals surface area contributed by atoms with Crippen molar-refractivity contribution in [3.63, 3.8) is 0 Å². The van der Waals surface area contributed by atoms with Crippen LogP contribution in [-0.2, 0) is 17.6 Å². The van der Waals surface area contributed by atoms with E-state index >= 15 is 0 Å². The lowest BCUT2D eigenvalue weighted by atomic mass is 10.2. The quantitative estimate of drug-likeness (QED) is 0.513. The van der Waals surface area contributed by atoms with E-state index in [0.29, 0.717) is 0 Å². The van der Waals surface area contributed by atoms with Crippen molar-refractivity contribution in [2.24, 2.45) is 0 Å². The standard InChI is InChI=1S/C20H16N4OS2/c25-18(11-10-13-5-4-12-26-13)22-19-14-6-3-8-15(14)23-24(19)20-21-16-7-1-2-9-17(16)27-20/h1-2,4-5,7,9-12H,3,6,8H2,(H,22,25)/b11-10+. The molecule has 0 fully saturated rings. The number of thiazole rings is 1. The van der Waals surface area contributed by atoms with Crippen LogP contribution < -0.4 is 5.32 Å². The number of carbonyl (C=O) groups is 1. The third kappa shape index (κ3) is 3.09. The topological polar surface area (TPSA) is 59.8 Å². The highest BCUT2D eigenvalue weighted by atomic mass is 32.1. The van der Waals surface area contributed by atoms with E-state index in [2.05, 4.69) is 11.4 Å². The van der Waals surface area contributed by atoms with Crippen molar-refractivity contribution in [2.75, 3.05) is 5.32 Å². The summed E-state index contributed by atoms with van der Waals surface area (Å²) in [5.74, 6) is 0.600. The Morgan fingerprint density at radius 3 is 2.96 bits per heavy atom. The van der Waals surface area contributed by atoms with Crippen LogP contribution in [0.1, 0.15) is 22.6 Å². The summed E-state index contributed by atoms with van der Waals surface area (Å²) in [7, 11) is 0. The average molecular weight is 393 g/mol. The van der Waals surface area contributed by atoms with Crippen LogP contribution in [-0.4, -0.2) is 20.7 Å². The second kappa shape index (κ2) is 6.75. The molecular weight excluding hydrogens is 376 g/mol. The van der Waals surface area contributed by atoms with Gasteiger partial charge in [-0.15, -0.1) is 11.3 Å². The third-order valence-electron chi connectivity index (χ3n) is 4.55. The molecule has 1 aromatic carbocycles. The number of aryl methyl sites for hydroxylation is 1. The summed E-state index contributed by atoms with van der Waals surface area (Å²) in [5, 5.41) is 10.6. The number of anilines is 1. The number of benzene rings is 1. The number of thiophene rings is 1. The number of nitrogens with zero attached hydrogens (tertiary/aromatic N) is 3. The summed E-state index contributed by atoms with van der Waals surface area (Å²) in [6, 6.07) is 12.0. The van der Waals surface area contributed by atoms with Crippen LogP contribution in [0.2, 0.25) is 0 Å². The van der Waals surface area contributed by atoms with Gasteiger partial charge in [-0.05, 0) is 48.9 Å². The van der Waals surface area contributed by atoms with E-state index in [1.54, 1.807) is 33.4 Å². The highest BCUT2D eigenvalue weighted by Gasteiger charge is 2.25. The van der Waals surface area contributed by atoms with Crippen LogP contribution in [0.25, 0.3) is 21.4 Å². The minimum atomic E-state index is -0.152. The normalized spacial score (nSPS) is 13.5. The molecular formula is C20H16N4OS2. The van der Waals surface area contributed by atoms with Gasteiger partial charge in [0.2, 0.25) is 11.0 Å². The van der Waals surface area contributed by atoms with E-state index in [0.717, 1.165) is 56.6 Å². The van der Waals surface area contributed by atoms with Crippen molar-refractivity contribution in [3.05, 3.63) is 64.0 Å². The fourth-order valence-corrected chi connectivity index (χ4v) is 4.85. The molecule has 0 radical (unpaired) electrons. The van der Waals surface area contributed by atoms with Crippen LogP contribution >= 0.6 is 22.7 Å². The molecule has 0 saturated carbocycles. The van der Waals surface area contributed by atoms with Crippen LogP contribution in [0.3, 0.4) is 0 Å². The zero-order valence-corrected chi connectivity index (χ0v) is 16.0. The fourth-order valence-electron chi connectivity index (χ4n) is 3.31. The van der Waals surface area contributed by atoms with Gasteiger partial charge in [-0.25, -0.2) is 4.98 Å². The fraction of sp³-hybridized carbons (Fsp3) is 0.150. The Balaban J connectivity index is 1.50. The molecule has 0 aliphatic heterocycles. The van der Waals surface area contributed by atoms with Crippen molar-refractivity contribution in [1.82, 2.24) is 14.8 Å². The van der Waals surface area contributed by atoms with E-state index in [1.807, 2.05) is 41.8 Å². The van der Waals surface area contributed by atoms with E-state index in [9.17, 15) is 4.79 Å². The van der Waals surface area contributed by atoms with E-state index in [4.69, 9.17) is 10.1 Å². The van der Waals surface area contributed by atoms with Crippen molar-refractivity contribution in [2.45, 2.75) is 19.3 Å². The molecule has 3 aromatic heterocycles. The Bertz CT molecular complexity index is 1120. The number of amides is 1. The van der Waals surface area contributed by atoms with Gasteiger partial charge in [-0.3, -0.25) is 4.79 Å². The molecule has 3 heterocycles. The highest BCUT2D eigenvalue weighted by molar-refractivity contribution is 7.20. The van der Waals surface area contributed by atoms with Gasteiger partial charge in [0.05, 0.1) is 15.9 Å². The average Bonchev–Trinajstić information content (AvgIpc) is 3.44. The Morgan fingerprint density at radius 2 is 2.11 bits per heavy atom. The van der Waals surface area contributed by atoms with Gasteiger partial charge in [0, 0.05) is 16.5 Å². The van der Waals surface area contributed by atoms with Gasteiger partial charge >= 0.3 is 0 Å². The number of hydrogen-bond donors (Lipinski definition) is 1. The number of para-hydroxylation sites is 1. The second-order valence-electron chi connectivity index (χ2n) is 6.34. The van der Waals surface area contributed by atoms with Gasteiger partial charge in [0.15, 0.2) is 0 Å². The molecule has 7 heteroatoms. The van der Waals surface area contributed by atoms with Crippen molar-refractivity contribution in [1.29, 1.82) is 0 Å². The predicted octanol–water partition coefficient (Wildman–Crippen LogP) is 4.68. The molecule has 27 heavy (non-hydrogen) atoms. The number of aromatic nitrogens is 3. The lowest BCUT2D eigenvalue weighted by Crippen LogP contribution is -2.13. The van der Waals surface area contributed by atoms with E-state index in [-0.39, 0.29) is 5.91 Å². The summed E-state index contributed by atoms with van der Waals surface area (Å²) in [6.07, 6.45) is 6.36. The molecule has 0 saturated heterocycles. The molecule has 0 spiro atoms. The zero-order chi connectivity index (χ0) is 18.2. The summed E-state index contributed by atoms with van der Waals surface area (Å²) in [6.45, 7) is 0. The molecule has 5 rings (SSSR count). The first-order valence-electron chi connectivity index (χ1n) is 8.77. The molecule has 0 unspecified atom stereocenters. The molecule has 1 aliphatic carbocycles. The Kier molecular flexibility index (Phi) is 4.10. The highest BCUT2D eigenvalue weighted by Crippen LogP contribution is 2.33. The lowest BCUT2D eigenvalue weighted by Gasteiger charge is -2.07. The minimum Gasteiger partial charge on any atom is -0.307 e. The number of nitrogens with one attached hydrogen (secondary N) is 1. The molecule has 1 N–H and O–H groups in total. The first-order valence-corrected chi connectivity index (χ1v) is 10.5. The molecule has 0 bridgehead atoms. The number of hydrogen-bond acceptors (Lipinski definition) is 5. The molecule has 5 nitrogen and oxygen atoms in total. The van der Waals surface area contributed by atoms with Gasteiger partial charge in [0.25, 0.3) is 0 Å². The summed E-state index contributed by atoms with van der Waals surface area (Å²) < 4.78 is 2.91. The summed E-state index contributed by atoms with van der Waals surface area (Å²) in [5.41, 5.74) is 3.14. The third-order valence-corrected chi connectivity index (χ3v) is 6.40. The first-order chi connectivity index (χ1) is 13.3. The molecule has 134 valence electrons. The number of carbonyl (C=O) groups excluding carboxylic acids is 1. The van der Waals surface area contributed by atoms with Gasteiger partial charge in [-0.1, -0.05) is 29.5 Å². The lowest BCUT2D eigenvalue weighted by molar-refractivity contribution is -0.111. The minimum absolute atomic E-state index is 0.152. The predicted molar refractivity (Wildman–Crippen MR) is 111 cm³/mol. The largest absolute Gasteiger partial charge is 0.307 e. The van der Waals surface area contributed by atoms with Gasteiger partial charge < -0.3 is 5.32 Å². The molecule has 0 atom stereocenters. The monoisotopic (exact) mass is 392 g/mol. The summed E-state index contributed by atoms with van der Waals surface area (Å²) >= 11 is 3.18. The Labute approximate surface area is 164 Å². The van der Waals surface area contributed by atoms with E-state index in [1.165, 1.54) is 0 Å². The molecule has 4 aromatic rings. The van der Waals surface area contributed by atoms with Crippen LogP contribution in [0.5, 0.6) is 0 Å². The maximum absolute atomic E-state index is 12.5. The summed E-state index contributed by atoms with van der Waals surface area (Å²) in [4.78, 5) is 18.3. The molecule has 1 amide bonds. The molecule has 1 aliphatic rings. The maximum Gasteiger partial charge on any atom is 0.249 e. The van der Waals surface area contributed by atoms with Crippen molar-refractivity contribution in [3.8, 4) is 5.13 Å². The van der Waals surface area contributed by atoms with Gasteiger partial charge in [-0.2, -0.15) is 9.78 Å². The second-order valence-corrected chi connectivity index (χ2v) is 8.33. The first kappa shape index (κ1) is 16.4. The SMILES string of the molecule is O=C(/C=C/c1cccs1)Nc1c2c(nn1-c1nc3ccccc3s1)CCC2. The van der Waals surface area contributed by atoms with E-state index < -0.39 is 0 Å².